The number of para-hydroxylation sites is 1. The van der Waals surface area contributed by atoms with E-state index < -0.39 is 5.60 Å². The molecule has 1 atom stereocenters. The van der Waals surface area contributed by atoms with Crippen molar-refractivity contribution in [1.82, 2.24) is 10.2 Å². The number of rotatable bonds is 4. The molecule has 0 bridgehead atoms. The van der Waals surface area contributed by atoms with E-state index in [4.69, 9.17) is 4.74 Å². The molecule has 1 amide bonds. The molecule has 0 radical (unpaired) electrons. The quantitative estimate of drug-likeness (QED) is 0.808. The maximum absolute atomic E-state index is 12.0. The highest BCUT2D eigenvalue weighted by Gasteiger charge is 2.30. The van der Waals surface area contributed by atoms with E-state index in [1.165, 1.54) is 4.88 Å². The molecule has 1 aromatic carbocycles. The summed E-state index contributed by atoms with van der Waals surface area (Å²) in [6.45, 7) is 7.29. The largest absolute Gasteiger partial charge is 0.508 e. The normalized spacial score (nSPS) is 17.4. The van der Waals surface area contributed by atoms with Crippen molar-refractivity contribution in [2.45, 2.75) is 51.3 Å². The minimum atomic E-state index is -0.486. The molecule has 6 heteroatoms. The topological polar surface area (TPSA) is 61.8 Å². The lowest BCUT2D eigenvalue weighted by atomic mass is 9.97. The summed E-state index contributed by atoms with van der Waals surface area (Å²) >= 11 is 1.70. The molecular weight excluding hydrogens is 360 g/mol. The number of amides is 1. The molecule has 1 fully saturated rings. The van der Waals surface area contributed by atoms with Crippen molar-refractivity contribution in [1.29, 1.82) is 0 Å². The standard InChI is InChI=1S/C21H28N2O3S/c1-21(2,3)26-20(25)22-15-10-12-23(13-11-15)19(18-9-6-14-27-18)16-7-4-5-8-17(16)24/h4-9,14-15,19,24H,10-13H2,1-3H3,(H,22,25)/t19-/m0/s1. The number of aromatic hydroxyl groups is 1. The number of alkyl carbamates (subject to hydrolysis) is 1. The number of carbonyl (C=O) groups is 1. The fourth-order valence-corrected chi connectivity index (χ4v) is 4.35. The van der Waals surface area contributed by atoms with Gasteiger partial charge in [0.25, 0.3) is 0 Å². The zero-order chi connectivity index (χ0) is 19.4. The van der Waals surface area contributed by atoms with Gasteiger partial charge in [-0.25, -0.2) is 4.79 Å². The number of carbonyl (C=O) groups excluding carboxylic acids is 1. The van der Waals surface area contributed by atoms with E-state index in [2.05, 4.69) is 21.7 Å². The van der Waals surface area contributed by atoms with Crippen LogP contribution in [0.3, 0.4) is 0 Å². The molecular formula is C21H28N2O3S. The number of piperidine rings is 1. The van der Waals surface area contributed by atoms with Crippen LogP contribution in [-0.4, -0.2) is 40.8 Å². The number of hydrogen-bond acceptors (Lipinski definition) is 5. The van der Waals surface area contributed by atoms with E-state index in [0.717, 1.165) is 31.5 Å². The molecule has 2 heterocycles. The Kier molecular flexibility index (Phi) is 6.07. The van der Waals surface area contributed by atoms with Gasteiger partial charge in [-0.2, -0.15) is 0 Å². The Morgan fingerprint density at radius 1 is 1.22 bits per heavy atom. The minimum Gasteiger partial charge on any atom is -0.508 e. The Balaban J connectivity index is 1.67. The molecule has 0 spiro atoms. The number of thiophene rings is 1. The van der Waals surface area contributed by atoms with E-state index >= 15 is 0 Å². The molecule has 2 aromatic rings. The average Bonchev–Trinajstić information content (AvgIpc) is 3.11. The third-order valence-electron chi connectivity index (χ3n) is 4.66. The van der Waals surface area contributed by atoms with Crippen LogP contribution in [0.2, 0.25) is 0 Å². The van der Waals surface area contributed by atoms with Crippen LogP contribution in [0.5, 0.6) is 5.75 Å². The Morgan fingerprint density at radius 3 is 2.52 bits per heavy atom. The van der Waals surface area contributed by atoms with Gasteiger partial charge in [0, 0.05) is 29.6 Å². The predicted molar refractivity (Wildman–Crippen MR) is 108 cm³/mol. The second kappa shape index (κ2) is 8.31. The lowest BCUT2D eigenvalue weighted by molar-refractivity contribution is 0.0473. The lowest BCUT2D eigenvalue weighted by Crippen LogP contribution is -2.47. The van der Waals surface area contributed by atoms with Gasteiger partial charge in [0.1, 0.15) is 11.4 Å². The first-order chi connectivity index (χ1) is 12.8. The van der Waals surface area contributed by atoms with Gasteiger partial charge in [-0.05, 0) is 51.1 Å². The Bertz CT molecular complexity index is 747. The summed E-state index contributed by atoms with van der Waals surface area (Å²) in [6.07, 6.45) is 1.36. The van der Waals surface area contributed by atoms with Gasteiger partial charge in [-0.1, -0.05) is 24.3 Å². The van der Waals surface area contributed by atoms with Crippen molar-refractivity contribution in [3.8, 4) is 5.75 Å². The van der Waals surface area contributed by atoms with Gasteiger partial charge < -0.3 is 15.2 Å². The van der Waals surface area contributed by atoms with Crippen LogP contribution in [-0.2, 0) is 4.74 Å². The van der Waals surface area contributed by atoms with Gasteiger partial charge in [0.05, 0.1) is 6.04 Å². The molecule has 1 aliphatic rings. The zero-order valence-corrected chi connectivity index (χ0v) is 17.0. The Morgan fingerprint density at radius 2 is 1.93 bits per heavy atom. The zero-order valence-electron chi connectivity index (χ0n) is 16.1. The smallest absolute Gasteiger partial charge is 0.407 e. The summed E-state index contributed by atoms with van der Waals surface area (Å²) in [4.78, 5) is 15.6. The van der Waals surface area contributed by atoms with Crippen molar-refractivity contribution in [3.63, 3.8) is 0 Å². The molecule has 0 saturated carbocycles. The third-order valence-corrected chi connectivity index (χ3v) is 5.58. The maximum Gasteiger partial charge on any atom is 0.407 e. The molecule has 146 valence electrons. The first kappa shape index (κ1) is 19.7. The maximum atomic E-state index is 12.0. The van der Waals surface area contributed by atoms with Crippen LogP contribution in [0.15, 0.2) is 41.8 Å². The number of ether oxygens (including phenoxy) is 1. The monoisotopic (exact) mass is 388 g/mol. The molecule has 0 aliphatic carbocycles. The van der Waals surface area contributed by atoms with Crippen LogP contribution in [0.4, 0.5) is 4.79 Å². The lowest BCUT2D eigenvalue weighted by Gasteiger charge is -2.38. The molecule has 1 saturated heterocycles. The first-order valence-corrected chi connectivity index (χ1v) is 10.3. The number of phenolic OH excluding ortho intramolecular Hbond substituents is 1. The fraction of sp³-hybridized carbons (Fsp3) is 0.476. The average molecular weight is 389 g/mol. The summed E-state index contributed by atoms with van der Waals surface area (Å²) in [7, 11) is 0. The first-order valence-electron chi connectivity index (χ1n) is 9.38. The van der Waals surface area contributed by atoms with E-state index in [9.17, 15) is 9.90 Å². The van der Waals surface area contributed by atoms with E-state index in [1.807, 2.05) is 45.0 Å². The fourth-order valence-electron chi connectivity index (χ4n) is 3.47. The van der Waals surface area contributed by atoms with E-state index in [0.29, 0.717) is 5.75 Å². The van der Waals surface area contributed by atoms with Crippen LogP contribution >= 0.6 is 11.3 Å². The number of likely N-dealkylation sites (tertiary alicyclic amines) is 1. The molecule has 0 unspecified atom stereocenters. The number of phenols is 1. The van der Waals surface area contributed by atoms with Crippen molar-refractivity contribution in [2.75, 3.05) is 13.1 Å². The summed E-state index contributed by atoms with van der Waals surface area (Å²) in [6, 6.07) is 11.9. The molecule has 1 aromatic heterocycles. The SMILES string of the molecule is CC(C)(C)OC(=O)NC1CCN([C@H](c2cccs2)c2ccccc2O)CC1. The van der Waals surface area contributed by atoms with Crippen molar-refractivity contribution < 1.29 is 14.6 Å². The van der Waals surface area contributed by atoms with Gasteiger partial charge in [-0.15, -0.1) is 11.3 Å². The Labute approximate surface area is 165 Å². The summed E-state index contributed by atoms with van der Waals surface area (Å²) in [5.41, 5.74) is 0.443. The van der Waals surface area contributed by atoms with Crippen LogP contribution in [0, 0.1) is 0 Å². The number of benzene rings is 1. The van der Waals surface area contributed by atoms with Crippen LogP contribution in [0.1, 0.15) is 50.1 Å². The van der Waals surface area contributed by atoms with Gasteiger partial charge >= 0.3 is 6.09 Å². The molecule has 3 rings (SSSR count). The third kappa shape index (κ3) is 5.23. The Hall–Kier alpha value is -2.05. The summed E-state index contributed by atoms with van der Waals surface area (Å²) < 4.78 is 5.36. The molecule has 5 nitrogen and oxygen atoms in total. The van der Waals surface area contributed by atoms with Gasteiger partial charge in [0.15, 0.2) is 0 Å². The van der Waals surface area contributed by atoms with Gasteiger partial charge in [-0.3, -0.25) is 4.90 Å². The highest BCUT2D eigenvalue weighted by Crippen LogP contribution is 2.37. The van der Waals surface area contributed by atoms with Crippen molar-refractivity contribution >= 4 is 17.4 Å². The molecule has 2 N–H and O–H groups in total. The molecule has 27 heavy (non-hydrogen) atoms. The second-order valence-corrected chi connectivity index (χ2v) is 8.91. The van der Waals surface area contributed by atoms with Crippen molar-refractivity contribution in [2.24, 2.45) is 0 Å². The van der Waals surface area contributed by atoms with Crippen molar-refractivity contribution in [3.05, 3.63) is 52.2 Å². The number of nitrogens with zero attached hydrogens (tertiary/aromatic N) is 1. The van der Waals surface area contributed by atoms with E-state index in [-0.39, 0.29) is 18.2 Å². The predicted octanol–water partition coefficient (Wildman–Crippen LogP) is 4.53. The number of nitrogens with one attached hydrogen (secondary N) is 1. The highest BCUT2D eigenvalue weighted by molar-refractivity contribution is 7.10. The highest BCUT2D eigenvalue weighted by atomic mass is 32.1. The summed E-state index contributed by atoms with van der Waals surface area (Å²) in [5, 5.41) is 15.4. The van der Waals surface area contributed by atoms with E-state index in [1.54, 1.807) is 17.4 Å². The second-order valence-electron chi connectivity index (χ2n) is 7.93. The number of hydrogen-bond donors (Lipinski definition) is 2. The van der Waals surface area contributed by atoms with Crippen LogP contribution < -0.4 is 5.32 Å². The molecule has 1 aliphatic heterocycles. The minimum absolute atomic E-state index is 0.0358. The summed E-state index contributed by atoms with van der Waals surface area (Å²) in [5.74, 6) is 0.324. The van der Waals surface area contributed by atoms with Crippen LogP contribution in [0.25, 0.3) is 0 Å². The van der Waals surface area contributed by atoms with Gasteiger partial charge in [0.2, 0.25) is 0 Å².